The number of nitrogens with one attached hydrogen (secondary N) is 2. The molecular weight excluding hydrogens is 325 g/mol. The first-order valence-electron chi connectivity index (χ1n) is 7.14. The fourth-order valence-corrected chi connectivity index (χ4v) is 1.79. The van der Waals surface area contributed by atoms with Gasteiger partial charge in [0, 0.05) is 18.0 Å². The average Bonchev–Trinajstić information content (AvgIpc) is 2.50. The van der Waals surface area contributed by atoms with E-state index in [4.69, 9.17) is 4.74 Å². The molecule has 0 aliphatic rings. The summed E-state index contributed by atoms with van der Waals surface area (Å²) in [5.41, 5.74) is 0.517. The number of methoxy groups -OCH3 is 1. The number of ketones is 1. The van der Waals surface area contributed by atoms with Crippen molar-refractivity contribution in [1.82, 2.24) is 5.32 Å². The van der Waals surface area contributed by atoms with Crippen molar-refractivity contribution in [2.75, 3.05) is 12.4 Å². The zero-order valence-electron chi connectivity index (χ0n) is 13.5. The van der Waals surface area contributed by atoms with Gasteiger partial charge in [-0.3, -0.25) is 9.59 Å². The Balaban J connectivity index is 2.71. The van der Waals surface area contributed by atoms with Gasteiger partial charge in [-0.25, -0.2) is 0 Å². The highest BCUT2D eigenvalue weighted by Gasteiger charge is 2.36. The predicted molar refractivity (Wildman–Crippen MR) is 83.6 cm³/mol. The van der Waals surface area contributed by atoms with Gasteiger partial charge in [-0.2, -0.15) is 13.2 Å². The lowest BCUT2D eigenvalue weighted by atomic mass is 10.0. The Kier molecular flexibility index (Phi) is 6.82. The number of carbonyl (C=O) groups excluding carboxylic acids is 2. The number of amides is 1. The van der Waals surface area contributed by atoms with Gasteiger partial charge < -0.3 is 15.4 Å². The minimum Gasteiger partial charge on any atom is -0.497 e. The molecule has 1 atom stereocenters. The van der Waals surface area contributed by atoms with Crippen LogP contribution in [0.3, 0.4) is 0 Å². The van der Waals surface area contributed by atoms with Crippen LogP contribution in [0.1, 0.15) is 13.8 Å². The van der Waals surface area contributed by atoms with E-state index >= 15 is 0 Å². The van der Waals surface area contributed by atoms with Crippen LogP contribution in [-0.2, 0) is 9.59 Å². The zero-order valence-corrected chi connectivity index (χ0v) is 13.5. The molecule has 0 saturated heterocycles. The molecule has 0 heterocycles. The second-order valence-corrected chi connectivity index (χ2v) is 5.30. The third-order valence-electron chi connectivity index (χ3n) is 3.10. The van der Waals surface area contributed by atoms with E-state index in [0.29, 0.717) is 17.5 Å². The number of anilines is 1. The molecule has 0 bridgehead atoms. The maximum absolute atomic E-state index is 12.2. The van der Waals surface area contributed by atoms with Gasteiger partial charge >= 0.3 is 6.18 Å². The fraction of sp³-hybridized carbons (Fsp3) is 0.375. The summed E-state index contributed by atoms with van der Waals surface area (Å²) in [7, 11) is 1.51. The van der Waals surface area contributed by atoms with Crippen LogP contribution in [-0.4, -0.2) is 31.0 Å². The van der Waals surface area contributed by atoms with E-state index in [9.17, 15) is 22.8 Å². The number of hydrogen-bond donors (Lipinski definition) is 2. The molecule has 0 saturated carbocycles. The Hall–Kier alpha value is -2.51. The third kappa shape index (κ3) is 5.94. The topological polar surface area (TPSA) is 67.4 Å². The summed E-state index contributed by atoms with van der Waals surface area (Å²) in [4.78, 5) is 23.0. The molecular formula is C16H19F3N2O3. The van der Waals surface area contributed by atoms with Crippen LogP contribution in [0.25, 0.3) is 0 Å². The minimum absolute atomic E-state index is 0.214. The Morgan fingerprint density at radius 2 is 1.75 bits per heavy atom. The lowest BCUT2D eigenvalue weighted by Gasteiger charge is -2.20. The Bertz CT molecular complexity index is 596. The Labute approximate surface area is 137 Å². The smallest absolute Gasteiger partial charge is 0.454 e. The molecule has 0 aliphatic heterocycles. The molecule has 8 heteroatoms. The summed E-state index contributed by atoms with van der Waals surface area (Å²) in [6.45, 7) is 3.45. The number of allylic oxidation sites excluding steroid dienone is 1. The highest BCUT2D eigenvalue weighted by atomic mass is 19.4. The highest BCUT2D eigenvalue weighted by Crippen LogP contribution is 2.17. The molecule has 0 spiro atoms. The second kappa shape index (κ2) is 8.37. The summed E-state index contributed by atoms with van der Waals surface area (Å²) < 4.78 is 41.4. The number of ether oxygens (including phenoxy) is 1. The van der Waals surface area contributed by atoms with Crippen molar-refractivity contribution in [3.8, 4) is 5.75 Å². The van der Waals surface area contributed by atoms with Gasteiger partial charge in [-0.15, -0.1) is 0 Å². The fourth-order valence-electron chi connectivity index (χ4n) is 1.79. The molecule has 132 valence electrons. The first-order chi connectivity index (χ1) is 11.1. The molecule has 24 heavy (non-hydrogen) atoms. The molecule has 0 aromatic heterocycles. The van der Waals surface area contributed by atoms with E-state index in [-0.39, 0.29) is 5.92 Å². The van der Waals surface area contributed by atoms with Crippen LogP contribution in [0, 0.1) is 5.92 Å². The maximum Gasteiger partial charge on any atom is 0.454 e. The van der Waals surface area contributed by atoms with Crippen molar-refractivity contribution in [3.63, 3.8) is 0 Å². The summed E-state index contributed by atoms with van der Waals surface area (Å²) in [6.07, 6.45) is -3.74. The molecule has 1 rings (SSSR count). The van der Waals surface area contributed by atoms with Crippen molar-refractivity contribution in [2.45, 2.75) is 26.1 Å². The maximum atomic E-state index is 12.2. The highest BCUT2D eigenvalue weighted by molar-refractivity contribution is 5.96. The molecule has 1 amide bonds. The van der Waals surface area contributed by atoms with Gasteiger partial charge in [0.25, 0.3) is 5.78 Å². The van der Waals surface area contributed by atoms with Crippen molar-refractivity contribution in [1.29, 1.82) is 0 Å². The summed E-state index contributed by atoms with van der Waals surface area (Å²) in [5, 5.41) is 5.17. The molecule has 5 nitrogen and oxygen atoms in total. The van der Waals surface area contributed by atoms with Gasteiger partial charge in [-0.05, 0) is 30.2 Å². The summed E-state index contributed by atoms with van der Waals surface area (Å²) in [6, 6.07) is 5.79. The first-order valence-corrected chi connectivity index (χ1v) is 7.14. The Morgan fingerprint density at radius 3 is 2.21 bits per heavy atom. The molecule has 0 fully saturated rings. The van der Waals surface area contributed by atoms with E-state index < -0.39 is 23.9 Å². The van der Waals surface area contributed by atoms with E-state index in [2.05, 4.69) is 10.6 Å². The second-order valence-electron chi connectivity index (χ2n) is 5.30. The summed E-state index contributed by atoms with van der Waals surface area (Å²) in [5.74, 6) is -2.01. The van der Waals surface area contributed by atoms with Crippen LogP contribution in [0.2, 0.25) is 0 Å². The zero-order chi connectivity index (χ0) is 18.3. The van der Waals surface area contributed by atoms with E-state index in [0.717, 1.165) is 6.20 Å². The normalized spacial score (nSPS) is 13.0. The van der Waals surface area contributed by atoms with Crippen molar-refractivity contribution >= 4 is 17.4 Å². The van der Waals surface area contributed by atoms with Crippen molar-refractivity contribution in [3.05, 3.63) is 36.5 Å². The van der Waals surface area contributed by atoms with E-state index in [1.54, 1.807) is 38.1 Å². The molecule has 0 aliphatic carbocycles. The van der Waals surface area contributed by atoms with Crippen LogP contribution >= 0.6 is 0 Å². The third-order valence-corrected chi connectivity index (χ3v) is 3.10. The van der Waals surface area contributed by atoms with Gasteiger partial charge in [0.05, 0.1) is 7.11 Å². The SMILES string of the molecule is COc1ccc(NC(=O)C(NC=CC(=O)C(F)(F)F)C(C)C)cc1. The minimum atomic E-state index is -4.93. The van der Waals surface area contributed by atoms with Gasteiger partial charge in [0.1, 0.15) is 11.8 Å². The lowest BCUT2D eigenvalue weighted by Crippen LogP contribution is -2.42. The molecule has 0 radical (unpaired) electrons. The lowest BCUT2D eigenvalue weighted by molar-refractivity contribution is -0.165. The molecule has 2 N–H and O–H groups in total. The molecule has 1 aromatic carbocycles. The largest absolute Gasteiger partial charge is 0.497 e. The summed E-state index contributed by atoms with van der Waals surface area (Å²) >= 11 is 0. The Morgan fingerprint density at radius 1 is 1.17 bits per heavy atom. The van der Waals surface area contributed by atoms with Gasteiger partial charge in [-0.1, -0.05) is 13.8 Å². The average molecular weight is 344 g/mol. The number of rotatable bonds is 7. The van der Waals surface area contributed by atoms with Crippen LogP contribution in [0.5, 0.6) is 5.75 Å². The number of carbonyl (C=O) groups is 2. The van der Waals surface area contributed by atoms with Gasteiger partial charge in [0.15, 0.2) is 0 Å². The van der Waals surface area contributed by atoms with Crippen LogP contribution in [0.15, 0.2) is 36.5 Å². The first kappa shape index (κ1) is 19.5. The monoisotopic (exact) mass is 344 g/mol. The van der Waals surface area contributed by atoms with Crippen molar-refractivity contribution in [2.24, 2.45) is 5.92 Å². The van der Waals surface area contributed by atoms with E-state index in [1.165, 1.54) is 7.11 Å². The quantitative estimate of drug-likeness (QED) is 0.747. The van der Waals surface area contributed by atoms with Crippen LogP contribution < -0.4 is 15.4 Å². The van der Waals surface area contributed by atoms with Crippen molar-refractivity contribution < 1.29 is 27.5 Å². The van der Waals surface area contributed by atoms with Crippen LogP contribution in [0.4, 0.5) is 18.9 Å². The van der Waals surface area contributed by atoms with E-state index in [1.807, 2.05) is 0 Å². The number of benzene rings is 1. The number of halogens is 3. The standard InChI is InChI=1S/C16H19F3N2O3/c1-10(2)14(20-9-8-13(22)16(17,18)19)15(23)21-11-4-6-12(24-3)7-5-11/h4-10,14,20H,1-3H3,(H,21,23). The number of alkyl halides is 3. The predicted octanol–water partition coefficient (Wildman–Crippen LogP) is 2.89. The molecule has 1 aromatic rings. The number of hydrogen-bond acceptors (Lipinski definition) is 4. The molecule has 1 unspecified atom stereocenters. The van der Waals surface area contributed by atoms with Gasteiger partial charge in [0.2, 0.25) is 5.91 Å².